The van der Waals surface area contributed by atoms with E-state index >= 15 is 0 Å². The maximum Gasteiger partial charge on any atom is 0.274 e. The summed E-state index contributed by atoms with van der Waals surface area (Å²) in [7, 11) is 1.75. The number of nitrogens with zero attached hydrogens (tertiary/aromatic N) is 3. The van der Waals surface area contributed by atoms with Crippen molar-refractivity contribution < 1.29 is 4.79 Å². The van der Waals surface area contributed by atoms with Crippen molar-refractivity contribution in [2.24, 2.45) is 0 Å². The number of fused-ring (bicyclic) bond motifs is 1. The van der Waals surface area contributed by atoms with Crippen LogP contribution in [-0.2, 0) is 6.54 Å². The van der Waals surface area contributed by atoms with Crippen molar-refractivity contribution in [3.63, 3.8) is 0 Å². The molecule has 1 aromatic heterocycles. The van der Waals surface area contributed by atoms with Crippen LogP contribution >= 0.6 is 0 Å². The molecule has 0 fully saturated rings. The molecule has 5 nitrogen and oxygen atoms in total. The SMILES string of the molecule is Cc1ccc(CN(C)C(=O)c2nn(C(C)C)c(=O)c3ccccc23)cc1. The van der Waals surface area contributed by atoms with E-state index in [2.05, 4.69) is 5.10 Å². The van der Waals surface area contributed by atoms with Crippen molar-refractivity contribution in [1.82, 2.24) is 14.7 Å². The second-order valence-electron chi connectivity index (χ2n) is 6.88. The van der Waals surface area contributed by atoms with Crippen molar-refractivity contribution >= 4 is 16.7 Å². The molecule has 2 aromatic carbocycles. The number of amides is 1. The van der Waals surface area contributed by atoms with Crippen LogP contribution in [0, 0.1) is 6.92 Å². The van der Waals surface area contributed by atoms with Crippen LogP contribution in [0.1, 0.15) is 41.5 Å². The quantitative estimate of drug-likeness (QED) is 0.724. The second kappa shape index (κ2) is 7.12. The zero-order valence-electron chi connectivity index (χ0n) is 15.6. The molecule has 0 bridgehead atoms. The lowest BCUT2D eigenvalue weighted by molar-refractivity contribution is 0.0778. The fraction of sp³-hybridized carbons (Fsp3) is 0.286. The van der Waals surface area contributed by atoms with Crippen LogP contribution in [0.3, 0.4) is 0 Å². The summed E-state index contributed by atoms with van der Waals surface area (Å²) < 4.78 is 1.38. The molecule has 0 spiro atoms. The van der Waals surface area contributed by atoms with Gasteiger partial charge in [0.2, 0.25) is 0 Å². The van der Waals surface area contributed by atoms with Crippen molar-refractivity contribution in [1.29, 1.82) is 0 Å². The minimum absolute atomic E-state index is 0.124. The van der Waals surface area contributed by atoms with Crippen LogP contribution in [0.4, 0.5) is 0 Å². The van der Waals surface area contributed by atoms with E-state index in [1.54, 1.807) is 30.1 Å². The molecule has 0 N–H and O–H groups in total. The Kier molecular flexibility index (Phi) is 4.89. The van der Waals surface area contributed by atoms with Crippen LogP contribution in [0.25, 0.3) is 10.8 Å². The van der Waals surface area contributed by atoms with E-state index in [0.717, 1.165) is 5.56 Å². The topological polar surface area (TPSA) is 55.2 Å². The maximum absolute atomic E-state index is 13.1. The number of aromatic nitrogens is 2. The highest BCUT2D eigenvalue weighted by Crippen LogP contribution is 2.17. The lowest BCUT2D eigenvalue weighted by Gasteiger charge is -2.19. The van der Waals surface area contributed by atoms with Crippen LogP contribution in [0.2, 0.25) is 0 Å². The van der Waals surface area contributed by atoms with Gasteiger partial charge in [0.15, 0.2) is 5.69 Å². The molecule has 0 aliphatic carbocycles. The van der Waals surface area contributed by atoms with Gasteiger partial charge < -0.3 is 4.90 Å². The van der Waals surface area contributed by atoms with Gasteiger partial charge in [-0.3, -0.25) is 9.59 Å². The molecule has 0 saturated heterocycles. The molecule has 134 valence electrons. The van der Waals surface area contributed by atoms with Crippen molar-refractivity contribution in [2.45, 2.75) is 33.4 Å². The average Bonchev–Trinajstić information content (AvgIpc) is 2.63. The minimum atomic E-state index is -0.198. The third kappa shape index (κ3) is 3.38. The third-order valence-corrected chi connectivity index (χ3v) is 4.41. The number of carbonyl (C=O) groups excluding carboxylic acids is 1. The second-order valence-corrected chi connectivity index (χ2v) is 6.88. The molecule has 0 radical (unpaired) electrons. The Morgan fingerprint density at radius 1 is 1.08 bits per heavy atom. The highest BCUT2D eigenvalue weighted by Gasteiger charge is 2.20. The van der Waals surface area contributed by atoms with Crippen molar-refractivity contribution in [3.8, 4) is 0 Å². The molecule has 1 heterocycles. The Morgan fingerprint density at radius 3 is 2.31 bits per heavy atom. The van der Waals surface area contributed by atoms with Crippen LogP contribution in [-0.4, -0.2) is 27.6 Å². The van der Waals surface area contributed by atoms with Gasteiger partial charge in [0, 0.05) is 19.0 Å². The largest absolute Gasteiger partial charge is 0.336 e. The number of carbonyl (C=O) groups is 1. The third-order valence-electron chi connectivity index (χ3n) is 4.41. The fourth-order valence-electron chi connectivity index (χ4n) is 2.93. The normalized spacial score (nSPS) is 11.1. The fourth-order valence-corrected chi connectivity index (χ4v) is 2.93. The van der Waals surface area contributed by atoms with E-state index in [-0.39, 0.29) is 17.5 Å². The Bertz CT molecular complexity index is 1000. The summed E-state index contributed by atoms with van der Waals surface area (Å²) in [5.74, 6) is -0.198. The highest BCUT2D eigenvalue weighted by molar-refractivity contribution is 6.04. The first kappa shape index (κ1) is 17.9. The van der Waals surface area contributed by atoms with Crippen LogP contribution in [0.15, 0.2) is 53.3 Å². The van der Waals surface area contributed by atoms with Crippen molar-refractivity contribution in [3.05, 3.63) is 75.7 Å². The zero-order chi connectivity index (χ0) is 18.8. The predicted molar refractivity (Wildman–Crippen MR) is 103 cm³/mol. The van der Waals surface area contributed by atoms with E-state index in [0.29, 0.717) is 23.0 Å². The lowest BCUT2D eigenvalue weighted by Crippen LogP contribution is -2.32. The number of rotatable bonds is 4. The highest BCUT2D eigenvalue weighted by atomic mass is 16.2. The van der Waals surface area contributed by atoms with Gasteiger partial charge in [-0.15, -0.1) is 0 Å². The van der Waals surface area contributed by atoms with Gasteiger partial charge in [-0.25, -0.2) is 4.68 Å². The molecule has 0 saturated carbocycles. The summed E-state index contributed by atoms with van der Waals surface area (Å²) in [5, 5.41) is 5.50. The molecule has 3 aromatic rings. The van der Waals surface area contributed by atoms with Crippen molar-refractivity contribution in [2.75, 3.05) is 7.05 Å². The van der Waals surface area contributed by atoms with Gasteiger partial charge in [0.1, 0.15) is 0 Å². The summed E-state index contributed by atoms with van der Waals surface area (Å²) in [6, 6.07) is 15.1. The molecular formula is C21H23N3O2. The Balaban J connectivity index is 2.03. The number of aryl methyl sites for hydroxylation is 1. The van der Waals surface area contributed by atoms with Gasteiger partial charge >= 0.3 is 0 Å². The molecule has 0 aliphatic heterocycles. The van der Waals surface area contributed by atoms with Gasteiger partial charge in [0.05, 0.1) is 11.4 Å². The molecule has 26 heavy (non-hydrogen) atoms. The van der Waals surface area contributed by atoms with Crippen LogP contribution < -0.4 is 5.56 Å². The number of hydrogen-bond donors (Lipinski definition) is 0. The molecule has 1 amide bonds. The predicted octanol–water partition coefficient (Wildman–Crippen LogP) is 3.56. The number of hydrogen-bond acceptors (Lipinski definition) is 3. The summed E-state index contributed by atoms with van der Waals surface area (Å²) in [5.41, 5.74) is 2.36. The average molecular weight is 349 g/mol. The molecule has 5 heteroatoms. The summed E-state index contributed by atoms with van der Waals surface area (Å²) in [6.07, 6.45) is 0. The maximum atomic E-state index is 13.1. The van der Waals surface area contributed by atoms with E-state index in [9.17, 15) is 9.59 Å². The van der Waals surface area contributed by atoms with Gasteiger partial charge in [0.25, 0.3) is 11.5 Å². The smallest absolute Gasteiger partial charge is 0.274 e. The molecule has 0 atom stereocenters. The van der Waals surface area contributed by atoms with Gasteiger partial charge in [-0.2, -0.15) is 5.10 Å². The molecule has 0 aliphatic rings. The standard InChI is InChI=1S/C21H23N3O2/c1-14(2)24-20(25)18-8-6-5-7-17(18)19(22-24)21(26)23(4)13-16-11-9-15(3)10-12-16/h5-12,14H,13H2,1-4H3. The minimum Gasteiger partial charge on any atom is -0.336 e. The monoisotopic (exact) mass is 349 g/mol. The van der Waals surface area contributed by atoms with E-state index < -0.39 is 0 Å². The molecule has 3 rings (SSSR count). The van der Waals surface area contributed by atoms with Gasteiger partial charge in [-0.05, 0) is 32.4 Å². The first-order chi connectivity index (χ1) is 12.4. The summed E-state index contributed by atoms with van der Waals surface area (Å²) >= 11 is 0. The first-order valence-electron chi connectivity index (χ1n) is 8.71. The molecular weight excluding hydrogens is 326 g/mol. The first-order valence-corrected chi connectivity index (χ1v) is 8.71. The zero-order valence-corrected chi connectivity index (χ0v) is 15.6. The Labute approximate surface area is 152 Å². The Morgan fingerprint density at radius 2 is 1.69 bits per heavy atom. The van der Waals surface area contributed by atoms with E-state index in [4.69, 9.17) is 0 Å². The van der Waals surface area contributed by atoms with Gasteiger partial charge in [-0.1, -0.05) is 48.0 Å². The van der Waals surface area contributed by atoms with E-state index in [1.807, 2.05) is 51.1 Å². The molecule has 0 unspecified atom stereocenters. The number of benzene rings is 2. The van der Waals surface area contributed by atoms with E-state index in [1.165, 1.54) is 10.2 Å². The summed E-state index contributed by atoms with van der Waals surface area (Å²) in [6.45, 7) is 6.28. The lowest BCUT2D eigenvalue weighted by atomic mass is 10.1. The summed E-state index contributed by atoms with van der Waals surface area (Å²) in [4.78, 5) is 27.3. The Hall–Kier alpha value is -2.95. The van der Waals surface area contributed by atoms with Crippen LogP contribution in [0.5, 0.6) is 0 Å².